The molecule has 0 radical (unpaired) electrons. The van der Waals surface area contributed by atoms with Gasteiger partial charge in [-0.25, -0.2) is 0 Å². The zero-order chi connectivity index (χ0) is 18.3. The molecule has 118 valence electrons. The average Bonchev–Trinajstić information content (AvgIpc) is 2.56. The number of aryl methyl sites for hydroxylation is 1. The monoisotopic (exact) mass is 322 g/mol. The summed E-state index contributed by atoms with van der Waals surface area (Å²) in [7, 11) is 0. The molecular weight excluding hydrogens is 297 g/mol. The Morgan fingerprint density at radius 1 is 1.23 bits per heavy atom. The van der Waals surface area contributed by atoms with E-state index in [2.05, 4.69) is 0 Å². The van der Waals surface area contributed by atoms with Crippen LogP contribution >= 0.6 is 11.8 Å². The first kappa shape index (κ1) is 12.8. The van der Waals surface area contributed by atoms with E-state index in [1.807, 2.05) is 42.5 Å². The van der Waals surface area contributed by atoms with Gasteiger partial charge in [0.25, 0.3) is 0 Å². The average molecular weight is 322 g/mol. The number of nitrogens with two attached hydrogens (primary N) is 1. The molecule has 0 bridgehead atoms. The highest BCUT2D eigenvalue weighted by atomic mass is 32.2. The zero-order valence-corrected chi connectivity index (χ0v) is 13.2. The van der Waals surface area contributed by atoms with Gasteiger partial charge in [0.15, 0.2) is 0 Å². The summed E-state index contributed by atoms with van der Waals surface area (Å²) in [6.45, 7) is -2.11. The molecule has 4 heteroatoms. The van der Waals surface area contributed by atoms with Crippen molar-refractivity contribution in [2.24, 2.45) is 0 Å². The number of rotatable bonds is 8. The lowest BCUT2D eigenvalue weighted by molar-refractivity contribution is 0.289. The van der Waals surface area contributed by atoms with Crippen LogP contribution in [0.2, 0.25) is 0 Å². The predicted molar refractivity (Wildman–Crippen MR) is 91.5 cm³/mol. The van der Waals surface area contributed by atoms with Crippen LogP contribution in [0.4, 0.5) is 10.1 Å². The lowest BCUT2D eigenvalue weighted by Crippen LogP contribution is -1.99. The minimum atomic E-state index is -1.99. The zero-order valence-electron chi connectivity index (χ0n) is 15.3. The van der Waals surface area contributed by atoms with Crippen molar-refractivity contribution in [1.82, 2.24) is 0 Å². The number of para-hydroxylation sites is 1. The van der Waals surface area contributed by atoms with Crippen LogP contribution in [0.1, 0.15) is 29.4 Å². The Labute approximate surface area is 140 Å². The van der Waals surface area contributed by atoms with Crippen molar-refractivity contribution in [2.75, 3.05) is 19.0 Å². The first-order chi connectivity index (χ1) is 11.9. The maximum Gasteiger partial charge on any atom is 0.119 e. The van der Waals surface area contributed by atoms with Crippen molar-refractivity contribution < 1.29 is 13.2 Å². The molecule has 0 atom stereocenters. The number of anilines is 1. The highest BCUT2D eigenvalue weighted by molar-refractivity contribution is 7.99. The Kier molecular flexibility index (Phi) is 5.06. The molecule has 2 rings (SSSR count). The van der Waals surface area contributed by atoms with Crippen LogP contribution in [-0.2, 0) is 6.42 Å². The highest BCUT2D eigenvalue weighted by Crippen LogP contribution is 2.36. The summed E-state index contributed by atoms with van der Waals surface area (Å²) < 4.78 is 40.0. The summed E-state index contributed by atoms with van der Waals surface area (Å²) in [6, 6.07) is 13.1. The van der Waals surface area contributed by atoms with Crippen molar-refractivity contribution in [3.05, 3.63) is 48.0 Å². The molecule has 2 nitrogen and oxygen atoms in total. The summed E-state index contributed by atoms with van der Waals surface area (Å²) in [4.78, 5) is 1.86. The number of nitrogen functional groups attached to an aromatic ring is 1. The molecular formula is C18H22FNOS. The third-order valence-corrected chi connectivity index (χ3v) is 4.32. The maximum absolute atomic E-state index is 12.2. The van der Waals surface area contributed by atoms with Gasteiger partial charge in [0, 0.05) is 26.0 Å². The molecule has 0 aliphatic heterocycles. The first-order valence-electron chi connectivity index (χ1n) is 8.73. The Balaban J connectivity index is 2.22. The SMILES string of the molecule is [2H]C([2H])([2H])CCc1cc(OCCCF)ccc1Sc1ccccc1N. The Bertz CT molecular complexity index is 694. The standard InChI is InChI=1S/C18H22FNOS/c1-2-6-14-13-15(21-12-5-11-19)9-10-17(14)22-18-8-4-3-7-16(18)20/h3-4,7-10,13H,2,5-6,11-12,20H2,1H3/i1D3. The van der Waals surface area contributed by atoms with Gasteiger partial charge in [-0.1, -0.05) is 37.2 Å². The largest absolute Gasteiger partial charge is 0.493 e. The molecule has 2 aromatic carbocycles. The third kappa shape index (κ3) is 4.67. The smallest absolute Gasteiger partial charge is 0.119 e. The normalized spacial score (nSPS) is 13.2. The quantitative estimate of drug-likeness (QED) is 0.542. The fourth-order valence-electron chi connectivity index (χ4n) is 2.01. The molecule has 0 aromatic heterocycles. The van der Waals surface area contributed by atoms with Gasteiger partial charge in [0.1, 0.15) is 5.75 Å². The van der Waals surface area contributed by atoms with Gasteiger partial charge in [0.05, 0.1) is 13.3 Å². The van der Waals surface area contributed by atoms with Gasteiger partial charge in [-0.3, -0.25) is 4.39 Å². The predicted octanol–water partition coefficient (Wildman–Crippen LogP) is 5.11. The highest BCUT2D eigenvalue weighted by Gasteiger charge is 2.08. The van der Waals surface area contributed by atoms with Crippen LogP contribution in [0, 0.1) is 0 Å². The molecule has 0 spiro atoms. The van der Waals surface area contributed by atoms with Gasteiger partial charge in [-0.15, -0.1) is 0 Å². The number of hydrogen-bond acceptors (Lipinski definition) is 3. The molecule has 0 unspecified atom stereocenters. The van der Waals surface area contributed by atoms with E-state index in [1.165, 1.54) is 11.8 Å². The molecule has 0 heterocycles. The number of alkyl halides is 1. The lowest BCUT2D eigenvalue weighted by Gasteiger charge is -2.13. The van der Waals surface area contributed by atoms with E-state index in [-0.39, 0.29) is 6.42 Å². The number of ether oxygens (including phenoxy) is 1. The van der Waals surface area contributed by atoms with Crippen LogP contribution in [0.5, 0.6) is 5.75 Å². The van der Waals surface area contributed by atoms with E-state index < -0.39 is 13.5 Å². The van der Waals surface area contributed by atoms with Gasteiger partial charge in [-0.05, 0) is 42.3 Å². The minimum Gasteiger partial charge on any atom is -0.493 e. The van der Waals surface area contributed by atoms with Crippen molar-refractivity contribution in [3.8, 4) is 5.75 Å². The Morgan fingerprint density at radius 3 is 2.86 bits per heavy atom. The lowest BCUT2D eigenvalue weighted by atomic mass is 10.1. The minimum absolute atomic E-state index is 0.0821. The van der Waals surface area contributed by atoms with Crippen LogP contribution in [0.3, 0.4) is 0 Å². The summed E-state index contributed by atoms with van der Waals surface area (Å²) in [6.07, 6.45) is 0.826. The second-order valence-corrected chi connectivity index (χ2v) is 5.88. The Morgan fingerprint density at radius 2 is 2.09 bits per heavy atom. The fourth-order valence-corrected chi connectivity index (χ4v) is 3.01. The van der Waals surface area contributed by atoms with Gasteiger partial charge >= 0.3 is 0 Å². The second kappa shape index (κ2) is 8.69. The van der Waals surface area contributed by atoms with Crippen LogP contribution in [-0.4, -0.2) is 13.3 Å². The molecule has 0 amide bonds. The van der Waals surface area contributed by atoms with Gasteiger partial charge in [-0.2, -0.15) is 0 Å². The molecule has 22 heavy (non-hydrogen) atoms. The second-order valence-electron chi connectivity index (χ2n) is 4.80. The topological polar surface area (TPSA) is 35.2 Å². The van der Waals surface area contributed by atoms with E-state index in [4.69, 9.17) is 14.6 Å². The summed E-state index contributed by atoms with van der Waals surface area (Å²) >= 11 is 1.50. The number of halogens is 1. The number of hydrogen-bond donors (Lipinski definition) is 1. The van der Waals surface area contributed by atoms with E-state index in [0.29, 0.717) is 30.9 Å². The number of benzene rings is 2. The molecule has 0 saturated heterocycles. The van der Waals surface area contributed by atoms with E-state index >= 15 is 0 Å². The summed E-state index contributed by atoms with van der Waals surface area (Å²) in [5.41, 5.74) is 7.57. The van der Waals surface area contributed by atoms with E-state index in [9.17, 15) is 4.39 Å². The fraction of sp³-hybridized carbons (Fsp3) is 0.333. The van der Waals surface area contributed by atoms with Crippen molar-refractivity contribution in [3.63, 3.8) is 0 Å². The van der Waals surface area contributed by atoms with Gasteiger partial charge < -0.3 is 10.5 Å². The molecule has 0 aliphatic carbocycles. The van der Waals surface area contributed by atoms with E-state index in [0.717, 1.165) is 15.4 Å². The molecule has 2 aromatic rings. The van der Waals surface area contributed by atoms with Crippen LogP contribution < -0.4 is 10.5 Å². The Hall–Kier alpha value is -1.68. The molecule has 0 aliphatic rings. The summed E-state index contributed by atoms with van der Waals surface area (Å²) in [5, 5.41) is 0. The molecule has 2 N–H and O–H groups in total. The van der Waals surface area contributed by atoms with Crippen molar-refractivity contribution in [2.45, 2.75) is 35.9 Å². The molecule has 0 fully saturated rings. The van der Waals surface area contributed by atoms with Crippen molar-refractivity contribution in [1.29, 1.82) is 0 Å². The maximum atomic E-state index is 12.2. The van der Waals surface area contributed by atoms with Crippen LogP contribution in [0.15, 0.2) is 52.3 Å². The van der Waals surface area contributed by atoms with Crippen molar-refractivity contribution >= 4 is 17.4 Å². The van der Waals surface area contributed by atoms with E-state index in [1.54, 1.807) is 0 Å². The van der Waals surface area contributed by atoms with Gasteiger partial charge in [0.2, 0.25) is 0 Å². The molecule has 0 saturated carbocycles. The summed E-state index contributed by atoms with van der Waals surface area (Å²) in [5.74, 6) is 0.624. The first-order valence-corrected chi connectivity index (χ1v) is 8.05. The third-order valence-electron chi connectivity index (χ3n) is 3.11. The van der Waals surface area contributed by atoms with Crippen LogP contribution in [0.25, 0.3) is 0 Å².